The maximum Gasteiger partial charge on any atom is 0.416 e. The van der Waals surface area contributed by atoms with Gasteiger partial charge in [-0.3, -0.25) is 0 Å². The molecule has 1 N–H and O–H groups in total. The third kappa shape index (κ3) is 5.00. The van der Waals surface area contributed by atoms with Gasteiger partial charge in [0, 0.05) is 24.9 Å². The van der Waals surface area contributed by atoms with Gasteiger partial charge in [0.15, 0.2) is 0 Å². The number of carbonyl (C=O) groups is 1. The Balaban J connectivity index is 1.79. The molecule has 0 saturated carbocycles. The summed E-state index contributed by atoms with van der Waals surface area (Å²) in [4.78, 5) is 21.0. The Bertz CT molecular complexity index is 828. The number of ether oxygens (including phenoxy) is 1. The average molecular weight is 413 g/mol. The fourth-order valence-corrected chi connectivity index (χ4v) is 3.36. The number of halogens is 4. The lowest BCUT2D eigenvalue weighted by molar-refractivity contribution is -0.137. The summed E-state index contributed by atoms with van der Waals surface area (Å²) in [6.07, 6.45) is -1.46. The monoisotopic (exact) mass is 413 g/mol. The molecule has 2 heterocycles. The van der Waals surface area contributed by atoms with E-state index in [0.29, 0.717) is 18.9 Å². The fraction of sp³-hybridized carbons (Fsp3) is 0.421. The summed E-state index contributed by atoms with van der Waals surface area (Å²) in [6.45, 7) is -0.0700. The van der Waals surface area contributed by atoms with E-state index in [0.717, 1.165) is 17.7 Å². The molecule has 1 aliphatic rings. The first-order valence-electron chi connectivity index (χ1n) is 8.92. The van der Waals surface area contributed by atoms with Gasteiger partial charge in [-0.2, -0.15) is 13.2 Å². The van der Waals surface area contributed by atoms with Crippen molar-refractivity contribution >= 4 is 11.9 Å². The number of alkyl halides is 4. The van der Waals surface area contributed by atoms with Gasteiger partial charge in [-0.15, -0.1) is 0 Å². The molecule has 6 nitrogen and oxygen atoms in total. The predicted octanol–water partition coefficient (Wildman–Crippen LogP) is 3.54. The summed E-state index contributed by atoms with van der Waals surface area (Å²) < 4.78 is 56.1. The number of hydrogen-bond donors (Lipinski definition) is 1. The largest absolute Gasteiger partial charge is 0.478 e. The summed E-state index contributed by atoms with van der Waals surface area (Å²) in [5, 5.41) is 8.98. The molecular weight excluding hydrogens is 394 g/mol. The molecule has 1 fully saturated rings. The average Bonchev–Trinajstić information content (AvgIpc) is 3.12. The fourth-order valence-electron chi connectivity index (χ4n) is 3.36. The van der Waals surface area contributed by atoms with Crippen LogP contribution in [0.3, 0.4) is 0 Å². The molecule has 0 spiro atoms. The normalized spacial score (nSPS) is 19.5. The molecule has 156 valence electrons. The summed E-state index contributed by atoms with van der Waals surface area (Å²) in [7, 11) is 0. The molecule has 1 unspecified atom stereocenters. The Kier molecular flexibility index (Phi) is 6.31. The van der Waals surface area contributed by atoms with Crippen molar-refractivity contribution in [2.24, 2.45) is 0 Å². The molecule has 0 amide bonds. The number of carboxylic acids is 1. The van der Waals surface area contributed by atoms with Gasteiger partial charge >= 0.3 is 12.1 Å². The van der Waals surface area contributed by atoms with Gasteiger partial charge in [-0.05, 0) is 24.1 Å². The van der Waals surface area contributed by atoms with E-state index in [-0.39, 0.29) is 30.7 Å². The zero-order valence-corrected chi connectivity index (χ0v) is 15.3. The second-order valence-electron chi connectivity index (χ2n) is 6.70. The van der Waals surface area contributed by atoms with Crippen molar-refractivity contribution in [2.45, 2.75) is 24.6 Å². The van der Waals surface area contributed by atoms with E-state index in [4.69, 9.17) is 9.84 Å². The maximum absolute atomic E-state index is 12.8. The van der Waals surface area contributed by atoms with Crippen LogP contribution >= 0.6 is 0 Å². The van der Waals surface area contributed by atoms with Crippen LogP contribution < -0.4 is 4.90 Å². The Morgan fingerprint density at radius 3 is 2.41 bits per heavy atom. The van der Waals surface area contributed by atoms with Crippen LogP contribution in [0.5, 0.6) is 0 Å². The second kappa shape index (κ2) is 8.73. The van der Waals surface area contributed by atoms with Gasteiger partial charge in [0.1, 0.15) is 6.67 Å². The molecule has 1 aliphatic heterocycles. The Morgan fingerprint density at radius 1 is 1.21 bits per heavy atom. The van der Waals surface area contributed by atoms with Crippen LogP contribution in [0.4, 0.5) is 23.5 Å². The SMILES string of the molecule is O=C(O)c1cnc(N2CC(c3ccc(C(F)(F)F)cc3)C[C@H]2COCCF)nc1. The number of aromatic nitrogens is 2. The first-order valence-corrected chi connectivity index (χ1v) is 8.92. The smallest absolute Gasteiger partial charge is 0.416 e. The van der Waals surface area contributed by atoms with E-state index in [1.54, 1.807) is 0 Å². The minimum atomic E-state index is -4.40. The van der Waals surface area contributed by atoms with Gasteiger partial charge in [0.2, 0.25) is 5.95 Å². The quantitative estimate of drug-likeness (QED) is 0.553. The number of benzene rings is 1. The Morgan fingerprint density at radius 2 is 1.86 bits per heavy atom. The zero-order chi connectivity index (χ0) is 21.0. The third-order valence-corrected chi connectivity index (χ3v) is 4.80. The highest BCUT2D eigenvalue weighted by atomic mass is 19.4. The lowest BCUT2D eigenvalue weighted by Crippen LogP contribution is -2.34. The topological polar surface area (TPSA) is 75.5 Å². The van der Waals surface area contributed by atoms with E-state index in [1.165, 1.54) is 24.5 Å². The molecule has 1 aromatic heterocycles. The number of hydrogen-bond acceptors (Lipinski definition) is 5. The molecule has 2 atom stereocenters. The number of rotatable bonds is 7. The van der Waals surface area contributed by atoms with Crippen LogP contribution in [0.15, 0.2) is 36.7 Å². The molecule has 0 bridgehead atoms. The lowest BCUT2D eigenvalue weighted by Gasteiger charge is -2.24. The van der Waals surface area contributed by atoms with Gasteiger partial charge < -0.3 is 14.7 Å². The molecular formula is C19H19F4N3O3. The number of anilines is 1. The molecule has 10 heteroatoms. The number of carboxylic acid groups (broad SMARTS) is 1. The highest BCUT2D eigenvalue weighted by Crippen LogP contribution is 2.36. The molecule has 1 saturated heterocycles. The van der Waals surface area contributed by atoms with E-state index in [2.05, 4.69) is 9.97 Å². The van der Waals surface area contributed by atoms with Gasteiger partial charge in [-0.25, -0.2) is 19.2 Å². The van der Waals surface area contributed by atoms with E-state index in [1.807, 2.05) is 4.90 Å². The molecule has 0 radical (unpaired) electrons. The van der Waals surface area contributed by atoms with Crippen LogP contribution in [0.2, 0.25) is 0 Å². The lowest BCUT2D eigenvalue weighted by atomic mass is 9.95. The molecule has 1 aromatic carbocycles. The van der Waals surface area contributed by atoms with Crippen molar-refractivity contribution in [1.82, 2.24) is 9.97 Å². The summed E-state index contributed by atoms with van der Waals surface area (Å²) in [6, 6.07) is 4.77. The van der Waals surface area contributed by atoms with Crippen molar-refractivity contribution in [2.75, 3.05) is 31.3 Å². The number of nitrogens with zero attached hydrogens (tertiary/aromatic N) is 3. The second-order valence-corrected chi connectivity index (χ2v) is 6.70. The van der Waals surface area contributed by atoms with Crippen LogP contribution in [-0.4, -0.2) is 53.5 Å². The van der Waals surface area contributed by atoms with Gasteiger partial charge in [-0.1, -0.05) is 12.1 Å². The molecule has 0 aliphatic carbocycles. The van der Waals surface area contributed by atoms with E-state index < -0.39 is 24.4 Å². The molecule has 29 heavy (non-hydrogen) atoms. The minimum Gasteiger partial charge on any atom is -0.478 e. The van der Waals surface area contributed by atoms with Crippen molar-refractivity contribution in [3.8, 4) is 0 Å². The molecule has 2 aromatic rings. The van der Waals surface area contributed by atoms with E-state index >= 15 is 0 Å². The van der Waals surface area contributed by atoms with Crippen LogP contribution in [-0.2, 0) is 10.9 Å². The Hall–Kier alpha value is -2.75. The zero-order valence-electron chi connectivity index (χ0n) is 15.3. The van der Waals surface area contributed by atoms with E-state index in [9.17, 15) is 22.4 Å². The van der Waals surface area contributed by atoms with Gasteiger partial charge in [0.05, 0.1) is 30.4 Å². The van der Waals surface area contributed by atoms with Crippen LogP contribution in [0.1, 0.15) is 33.8 Å². The Labute approximate surface area is 164 Å². The predicted molar refractivity (Wildman–Crippen MR) is 95.7 cm³/mol. The van der Waals surface area contributed by atoms with Crippen molar-refractivity contribution in [1.29, 1.82) is 0 Å². The summed E-state index contributed by atoms with van der Waals surface area (Å²) in [5.41, 5.74) is -0.0397. The molecule has 3 rings (SSSR count). The maximum atomic E-state index is 12.8. The first-order chi connectivity index (χ1) is 13.8. The van der Waals surface area contributed by atoms with Gasteiger partial charge in [0.25, 0.3) is 0 Å². The summed E-state index contributed by atoms with van der Waals surface area (Å²) in [5.74, 6) is -0.958. The highest BCUT2D eigenvalue weighted by molar-refractivity contribution is 5.86. The highest BCUT2D eigenvalue weighted by Gasteiger charge is 2.36. The van der Waals surface area contributed by atoms with Crippen molar-refractivity contribution in [3.05, 3.63) is 53.3 Å². The minimum absolute atomic E-state index is 0.0579. The van der Waals surface area contributed by atoms with Crippen LogP contribution in [0, 0.1) is 0 Å². The van der Waals surface area contributed by atoms with Crippen molar-refractivity contribution < 1.29 is 32.2 Å². The third-order valence-electron chi connectivity index (χ3n) is 4.80. The van der Waals surface area contributed by atoms with Crippen LogP contribution in [0.25, 0.3) is 0 Å². The number of aromatic carboxylic acids is 1. The standard InChI is InChI=1S/C19H19F4N3O3/c20-5-6-29-11-16-7-13(12-1-3-15(4-2-12)19(21,22)23)10-26(16)18-24-8-14(9-25-18)17(27)28/h1-4,8-9,13,16H,5-7,10-11H2,(H,27,28)/t13?,16-/m0/s1. The summed E-state index contributed by atoms with van der Waals surface area (Å²) >= 11 is 0. The first kappa shape index (κ1) is 21.0. The van der Waals surface area contributed by atoms with Crippen molar-refractivity contribution in [3.63, 3.8) is 0 Å².